The second kappa shape index (κ2) is 14.4. The number of Topliss-reactive ketones (excluding diaryl/α,β-unsaturated/α-hetero) is 4. The molecule has 0 aromatic carbocycles. The minimum Gasteiger partial charge on any atom is -0.481 e. The van der Waals surface area contributed by atoms with Crippen molar-refractivity contribution >= 4 is 35.1 Å². The summed E-state index contributed by atoms with van der Waals surface area (Å²) < 4.78 is 0. The fourth-order valence-electron chi connectivity index (χ4n) is 1.33. The van der Waals surface area contributed by atoms with Crippen LogP contribution in [0.3, 0.4) is 0 Å². The number of hydrogen-bond donors (Lipinski definition) is 2. The molecular formula is C18H28O8Ti. The molecule has 2 unspecified atom stereocenters. The van der Waals surface area contributed by atoms with Crippen molar-refractivity contribution in [1.82, 2.24) is 0 Å². The maximum Gasteiger partial charge on any atom is 0.313 e. The smallest absolute Gasteiger partial charge is 0.313 e. The molecule has 0 rings (SSSR count). The van der Waals surface area contributed by atoms with Crippen LogP contribution in [0.5, 0.6) is 0 Å². The predicted molar refractivity (Wildman–Crippen MR) is 92.5 cm³/mol. The Kier molecular flexibility index (Phi) is 16.0. The average Bonchev–Trinajstić information content (AvgIpc) is 2.52. The summed E-state index contributed by atoms with van der Waals surface area (Å²) in [7, 11) is 0. The van der Waals surface area contributed by atoms with E-state index in [9.17, 15) is 28.8 Å². The summed E-state index contributed by atoms with van der Waals surface area (Å²) in [5, 5.41) is 16.9. The van der Waals surface area contributed by atoms with Gasteiger partial charge < -0.3 is 10.2 Å². The molecule has 2 N–H and O–H groups in total. The van der Waals surface area contributed by atoms with Gasteiger partial charge in [0, 0.05) is 33.6 Å². The van der Waals surface area contributed by atoms with Gasteiger partial charge in [0.15, 0.2) is 11.6 Å². The van der Waals surface area contributed by atoms with Crippen LogP contribution >= 0.6 is 0 Å². The molecule has 0 aliphatic heterocycles. The number of hydrogen-bond acceptors (Lipinski definition) is 6. The van der Waals surface area contributed by atoms with Gasteiger partial charge in [-0.2, -0.15) is 0 Å². The molecule has 0 saturated carbocycles. The Morgan fingerprint density at radius 2 is 0.778 bits per heavy atom. The first-order valence-electron chi connectivity index (χ1n) is 8.28. The van der Waals surface area contributed by atoms with Crippen molar-refractivity contribution in [2.24, 2.45) is 23.7 Å². The van der Waals surface area contributed by atoms with Gasteiger partial charge in [0.1, 0.15) is 23.4 Å². The molecule has 0 fully saturated rings. The van der Waals surface area contributed by atoms with Gasteiger partial charge in [0.05, 0.1) is 12.8 Å². The fraction of sp³-hybridized carbons (Fsp3) is 0.667. The number of rotatable bonds is 10. The van der Waals surface area contributed by atoms with Crippen LogP contribution < -0.4 is 0 Å². The van der Waals surface area contributed by atoms with Crippen molar-refractivity contribution in [3.8, 4) is 0 Å². The van der Waals surface area contributed by atoms with Crippen LogP contribution in [-0.4, -0.2) is 45.3 Å². The SMILES string of the molecule is CC(C)C(=O)CC(=O)C(C)C(=O)O.CC(C)C(=O)CC(=O)C(C)C(=O)O.[Ti]. The Balaban J connectivity index is -0.000000411. The molecule has 8 nitrogen and oxygen atoms in total. The van der Waals surface area contributed by atoms with Crippen LogP contribution in [0.15, 0.2) is 0 Å². The van der Waals surface area contributed by atoms with Crippen LogP contribution in [-0.2, 0) is 50.5 Å². The first-order valence-corrected chi connectivity index (χ1v) is 8.28. The Labute approximate surface area is 174 Å². The van der Waals surface area contributed by atoms with Crippen molar-refractivity contribution in [3.05, 3.63) is 0 Å². The van der Waals surface area contributed by atoms with Crippen molar-refractivity contribution < 1.29 is 60.7 Å². The van der Waals surface area contributed by atoms with Gasteiger partial charge in [-0.25, -0.2) is 0 Å². The molecule has 2 atom stereocenters. The number of carbonyl (C=O) groups is 6. The summed E-state index contributed by atoms with van der Waals surface area (Å²) in [6, 6.07) is 0. The van der Waals surface area contributed by atoms with Crippen LogP contribution in [0.2, 0.25) is 0 Å². The molecular weight excluding hydrogens is 392 g/mol. The first kappa shape index (κ1) is 30.1. The number of carboxylic acid groups (broad SMARTS) is 2. The van der Waals surface area contributed by atoms with Gasteiger partial charge in [-0.15, -0.1) is 0 Å². The molecule has 0 bridgehead atoms. The Morgan fingerprint density at radius 3 is 0.926 bits per heavy atom. The van der Waals surface area contributed by atoms with Gasteiger partial charge in [-0.1, -0.05) is 27.7 Å². The summed E-state index contributed by atoms with van der Waals surface area (Å²) in [6.45, 7) is 9.31. The number of carbonyl (C=O) groups excluding carboxylic acids is 4. The zero-order chi connectivity index (χ0) is 21.2. The van der Waals surface area contributed by atoms with Crippen LogP contribution in [0.25, 0.3) is 0 Å². The van der Waals surface area contributed by atoms with E-state index in [1.807, 2.05) is 0 Å². The average molecular weight is 420 g/mol. The molecule has 0 aliphatic carbocycles. The number of ketones is 4. The molecule has 0 radical (unpaired) electrons. The molecule has 0 aromatic heterocycles. The van der Waals surface area contributed by atoms with E-state index in [4.69, 9.17) is 10.2 Å². The molecule has 0 heterocycles. The molecule has 152 valence electrons. The topological polar surface area (TPSA) is 143 Å². The van der Waals surface area contributed by atoms with Gasteiger partial charge >= 0.3 is 11.9 Å². The van der Waals surface area contributed by atoms with E-state index >= 15 is 0 Å². The quantitative estimate of drug-likeness (QED) is 0.402. The largest absolute Gasteiger partial charge is 0.481 e. The van der Waals surface area contributed by atoms with Gasteiger partial charge in [0.2, 0.25) is 0 Å². The van der Waals surface area contributed by atoms with Gasteiger partial charge in [-0.05, 0) is 13.8 Å². The molecule has 0 spiro atoms. The third-order valence-electron chi connectivity index (χ3n) is 3.69. The Hall–Kier alpha value is -1.67. The molecule has 0 aromatic rings. The van der Waals surface area contributed by atoms with E-state index < -0.39 is 35.3 Å². The van der Waals surface area contributed by atoms with Gasteiger partial charge in [-0.3, -0.25) is 28.8 Å². The minimum absolute atomic E-state index is 0. The summed E-state index contributed by atoms with van der Waals surface area (Å²) in [5.41, 5.74) is 0. The number of carboxylic acids is 2. The van der Waals surface area contributed by atoms with Crippen molar-refractivity contribution in [2.45, 2.75) is 54.4 Å². The Bertz CT molecular complexity index is 516. The minimum atomic E-state index is -1.18. The van der Waals surface area contributed by atoms with E-state index in [1.54, 1.807) is 27.7 Å². The fourth-order valence-corrected chi connectivity index (χ4v) is 1.33. The normalized spacial score (nSPS) is 12.1. The van der Waals surface area contributed by atoms with Crippen molar-refractivity contribution in [3.63, 3.8) is 0 Å². The van der Waals surface area contributed by atoms with E-state index in [0.717, 1.165) is 0 Å². The maximum absolute atomic E-state index is 11.1. The van der Waals surface area contributed by atoms with Crippen LogP contribution in [0.1, 0.15) is 54.4 Å². The zero-order valence-corrected chi connectivity index (χ0v) is 18.1. The third-order valence-corrected chi connectivity index (χ3v) is 3.69. The monoisotopic (exact) mass is 420 g/mol. The summed E-state index contributed by atoms with van der Waals surface area (Å²) in [4.78, 5) is 65.0. The summed E-state index contributed by atoms with van der Waals surface area (Å²) in [6.07, 6.45) is -0.545. The van der Waals surface area contributed by atoms with Crippen LogP contribution in [0, 0.1) is 23.7 Å². The summed E-state index contributed by atoms with van der Waals surface area (Å²) in [5.74, 6) is -6.42. The molecule has 27 heavy (non-hydrogen) atoms. The first-order chi connectivity index (χ1) is 11.7. The summed E-state index contributed by atoms with van der Waals surface area (Å²) >= 11 is 0. The molecule has 0 saturated heterocycles. The second-order valence-electron chi connectivity index (χ2n) is 6.65. The second-order valence-corrected chi connectivity index (χ2v) is 6.65. The van der Waals surface area contributed by atoms with E-state index in [0.29, 0.717) is 0 Å². The van der Waals surface area contributed by atoms with Crippen LogP contribution in [0.4, 0.5) is 0 Å². The van der Waals surface area contributed by atoms with E-state index in [-0.39, 0.29) is 58.0 Å². The van der Waals surface area contributed by atoms with Gasteiger partial charge in [0.25, 0.3) is 0 Å². The standard InChI is InChI=1S/2C9H14O4.Ti/c2*1-5(2)7(10)4-8(11)6(3)9(12)13;/h2*5-6H,4H2,1-3H3,(H,12,13);. The molecule has 9 heteroatoms. The maximum atomic E-state index is 11.1. The van der Waals surface area contributed by atoms with Crippen molar-refractivity contribution in [1.29, 1.82) is 0 Å². The molecule has 0 amide bonds. The van der Waals surface area contributed by atoms with Crippen molar-refractivity contribution in [2.75, 3.05) is 0 Å². The Morgan fingerprint density at radius 1 is 0.556 bits per heavy atom. The predicted octanol–water partition coefficient (Wildman–Crippen LogP) is 1.78. The zero-order valence-electron chi connectivity index (χ0n) is 16.6. The van der Waals surface area contributed by atoms with E-state index in [2.05, 4.69) is 0 Å². The molecule has 0 aliphatic rings. The third kappa shape index (κ3) is 13.2. The van der Waals surface area contributed by atoms with E-state index in [1.165, 1.54) is 13.8 Å². The number of aliphatic carboxylic acids is 2.